The van der Waals surface area contributed by atoms with E-state index < -0.39 is 47.4 Å². The highest BCUT2D eigenvalue weighted by Crippen LogP contribution is 2.21. The van der Waals surface area contributed by atoms with Crippen molar-refractivity contribution in [2.24, 2.45) is 0 Å². The molecule has 1 amide bonds. The molecule has 8 nitrogen and oxygen atoms in total. The Labute approximate surface area is 177 Å². The van der Waals surface area contributed by atoms with Gasteiger partial charge in [-0.15, -0.1) is 0 Å². The standard InChI is InChI=1S/C18H16Cl2N2O6S/c19-12-6-7-14(15(20)8-12)16(23)11-28-18(25)10-21-17(24)9-22-29(26,27)13-4-2-1-3-5-13/h1-8,22H,9-11H2,(H,21,24). The molecule has 0 spiro atoms. The van der Waals surface area contributed by atoms with Crippen LogP contribution in [0.15, 0.2) is 53.4 Å². The summed E-state index contributed by atoms with van der Waals surface area (Å²) in [6.45, 7) is -1.67. The van der Waals surface area contributed by atoms with Gasteiger partial charge in [-0.1, -0.05) is 41.4 Å². The number of sulfonamides is 1. The molecule has 0 atom stereocenters. The molecule has 2 rings (SSSR count). The normalized spacial score (nSPS) is 11.0. The third-order valence-corrected chi connectivity index (χ3v) is 5.47. The predicted molar refractivity (Wildman–Crippen MR) is 106 cm³/mol. The fourth-order valence-corrected chi connectivity index (χ4v) is 3.58. The molecule has 0 aliphatic rings. The second kappa shape index (κ2) is 10.4. The summed E-state index contributed by atoms with van der Waals surface area (Å²) < 4.78 is 30.9. The summed E-state index contributed by atoms with van der Waals surface area (Å²) in [5.41, 5.74) is 0.142. The number of esters is 1. The Morgan fingerprint density at radius 1 is 0.966 bits per heavy atom. The number of carbonyl (C=O) groups excluding carboxylic acids is 3. The first-order valence-electron chi connectivity index (χ1n) is 8.14. The molecule has 0 aliphatic heterocycles. The summed E-state index contributed by atoms with van der Waals surface area (Å²) in [6, 6.07) is 11.8. The highest BCUT2D eigenvalue weighted by atomic mass is 35.5. The van der Waals surface area contributed by atoms with E-state index in [-0.39, 0.29) is 15.5 Å². The van der Waals surface area contributed by atoms with Gasteiger partial charge in [0, 0.05) is 10.6 Å². The van der Waals surface area contributed by atoms with Gasteiger partial charge in [0.1, 0.15) is 6.54 Å². The van der Waals surface area contributed by atoms with Gasteiger partial charge >= 0.3 is 5.97 Å². The van der Waals surface area contributed by atoms with E-state index in [1.807, 2.05) is 0 Å². The number of hydrogen-bond acceptors (Lipinski definition) is 6. The first kappa shape index (κ1) is 22.8. The minimum absolute atomic E-state index is 0.00609. The van der Waals surface area contributed by atoms with Crippen molar-refractivity contribution in [2.45, 2.75) is 4.90 Å². The van der Waals surface area contributed by atoms with Crippen LogP contribution in [0.25, 0.3) is 0 Å². The van der Waals surface area contributed by atoms with E-state index in [0.717, 1.165) is 0 Å². The molecular weight excluding hydrogens is 443 g/mol. The van der Waals surface area contributed by atoms with E-state index in [1.165, 1.54) is 30.3 Å². The fourth-order valence-electron chi connectivity index (χ4n) is 2.07. The maximum Gasteiger partial charge on any atom is 0.325 e. The molecule has 0 unspecified atom stereocenters. The average molecular weight is 459 g/mol. The summed E-state index contributed by atoms with van der Waals surface area (Å²) in [7, 11) is -3.85. The molecule has 0 aromatic heterocycles. The van der Waals surface area contributed by atoms with Gasteiger partial charge in [-0.3, -0.25) is 14.4 Å². The molecule has 29 heavy (non-hydrogen) atoms. The number of hydrogen-bond donors (Lipinski definition) is 2. The number of Topliss-reactive ketones (excluding diaryl/α,β-unsaturated/α-hetero) is 1. The lowest BCUT2D eigenvalue weighted by Crippen LogP contribution is -2.39. The quantitative estimate of drug-likeness (QED) is 0.436. The monoisotopic (exact) mass is 458 g/mol. The van der Waals surface area contributed by atoms with Crippen molar-refractivity contribution >= 4 is 50.9 Å². The van der Waals surface area contributed by atoms with Crippen LogP contribution in [0.1, 0.15) is 10.4 Å². The Bertz CT molecular complexity index is 1010. The van der Waals surface area contributed by atoms with E-state index in [4.69, 9.17) is 27.9 Å². The van der Waals surface area contributed by atoms with Crippen LogP contribution in [0.4, 0.5) is 0 Å². The van der Waals surface area contributed by atoms with Crippen LogP contribution in [0.3, 0.4) is 0 Å². The smallest absolute Gasteiger partial charge is 0.325 e. The van der Waals surface area contributed by atoms with Gasteiger partial charge in [0.05, 0.1) is 16.5 Å². The van der Waals surface area contributed by atoms with Crippen LogP contribution in [0.2, 0.25) is 10.0 Å². The topological polar surface area (TPSA) is 119 Å². The van der Waals surface area contributed by atoms with Crippen molar-refractivity contribution in [1.82, 2.24) is 10.0 Å². The number of amides is 1. The molecular formula is C18H16Cl2N2O6S. The molecule has 0 radical (unpaired) electrons. The minimum Gasteiger partial charge on any atom is -0.456 e. The van der Waals surface area contributed by atoms with Crippen molar-refractivity contribution < 1.29 is 27.5 Å². The maximum absolute atomic E-state index is 12.0. The first-order valence-corrected chi connectivity index (χ1v) is 10.4. The van der Waals surface area contributed by atoms with Gasteiger partial charge in [-0.05, 0) is 30.3 Å². The molecule has 0 bridgehead atoms. The molecule has 2 aromatic rings. The summed E-state index contributed by atoms with van der Waals surface area (Å²) in [5, 5.41) is 2.67. The number of benzene rings is 2. The number of carbonyl (C=O) groups is 3. The highest BCUT2D eigenvalue weighted by Gasteiger charge is 2.16. The molecule has 2 aromatic carbocycles. The second-order valence-corrected chi connectivity index (χ2v) is 8.23. The zero-order valence-electron chi connectivity index (χ0n) is 14.9. The number of rotatable bonds is 9. The Kier molecular flexibility index (Phi) is 8.15. The van der Waals surface area contributed by atoms with Gasteiger partial charge in [0.25, 0.3) is 0 Å². The van der Waals surface area contributed by atoms with Crippen LogP contribution in [-0.2, 0) is 24.3 Å². The SMILES string of the molecule is O=C(CNS(=O)(=O)c1ccccc1)NCC(=O)OCC(=O)c1ccc(Cl)cc1Cl. The molecule has 154 valence electrons. The van der Waals surface area contributed by atoms with Crippen LogP contribution < -0.4 is 10.0 Å². The molecule has 0 aliphatic carbocycles. The van der Waals surface area contributed by atoms with Gasteiger partial charge in [-0.2, -0.15) is 0 Å². The van der Waals surface area contributed by atoms with Crippen LogP contribution >= 0.6 is 23.2 Å². The molecule has 0 fully saturated rings. The first-order chi connectivity index (χ1) is 13.7. The van der Waals surface area contributed by atoms with Crippen LogP contribution in [0, 0.1) is 0 Å². The van der Waals surface area contributed by atoms with E-state index in [9.17, 15) is 22.8 Å². The third-order valence-electron chi connectivity index (χ3n) is 3.50. The molecule has 0 saturated carbocycles. The predicted octanol–water partition coefficient (Wildman–Crippen LogP) is 1.81. The van der Waals surface area contributed by atoms with E-state index in [2.05, 4.69) is 10.0 Å². The number of halogens is 2. The van der Waals surface area contributed by atoms with E-state index in [1.54, 1.807) is 18.2 Å². The fraction of sp³-hybridized carbons (Fsp3) is 0.167. The molecule has 0 saturated heterocycles. The Morgan fingerprint density at radius 3 is 2.31 bits per heavy atom. The number of ketones is 1. The lowest BCUT2D eigenvalue weighted by atomic mass is 10.1. The van der Waals surface area contributed by atoms with Crippen LogP contribution in [-0.4, -0.2) is 45.8 Å². The van der Waals surface area contributed by atoms with E-state index in [0.29, 0.717) is 5.02 Å². The van der Waals surface area contributed by atoms with Crippen molar-refractivity contribution in [3.8, 4) is 0 Å². The summed E-state index contributed by atoms with van der Waals surface area (Å²) >= 11 is 11.6. The Morgan fingerprint density at radius 2 is 1.66 bits per heavy atom. The number of nitrogens with one attached hydrogen (secondary N) is 2. The summed E-state index contributed by atoms with van der Waals surface area (Å²) in [4.78, 5) is 35.4. The highest BCUT2D eigenvalue weighted by molar-refractivity contribution is 7.89. The zero-order chi connectivity index (χ0) is 21.4. The minimum atomic E-state index is -3.85. The Hall–Kier alpha value is -2.46. The van der Waals surface area contributed by atoms with Crippen molar-refractivity contribution in [2.75, 3.05) is 19.7 Å². The van der Waals surface area contributed by atoms with Gasteiger partial charge in [0.2, 0.25) is 21.7 Å². The van der Waals surface area contributed by atoms with Gasteiger partial charge in [0.15, 0.2) is 6.61 Å². The summed E-state index contributed by atoms with van der Waals surface area (Å²) in [6.07, 6.45) is 0. The lowest BCUT2D eigenvalue weighted by molar-refractivity contribution is -0.142. The van der Waals surface area contributed by atoms with Gasteiger partial charge < -0.3 is 10.1 Å². The third kappa shape index (κ3) is 7.13. The van der Waals surface area contributed by atoms with Gasteiger partial charge in [-0.25, -0.2) is 13.1 Å². The number of ether oxygens (including phenoxy) is 1. The average Bonchev–Trinajstić information content (AvgIpc) is 2.69. The second-order valence-electron chi connectivity index (χ2n) is 5.62. The molecule has 2 N–H and O–H groups in total. The summed E-state index contributed by atoms with van der Waals surface area (Å²) in [5.74, 6) is -2.15. The van der Waals surface area contributed by atoms with Crippen LogP contribution in [0.5, 0.6) is 0 Å². The molecule has 11 heteroatoms. The maximum atomic E-state index is 12.0. The van der Waals surface area contributed by atoms with Crippen molar-refractivity contribution in [3.05, 3.63) is 64.1 Å². The Balaban J connectivity index is 1.74. The van der Waals surface area contributed by atoms with E-state index >= 15 is 0 Å². The molecule has 0 heterocycles. The largest absolute Gasteiger partial charge is 0.456 e. The lowest BCUT2D eigenvalue weighted by Gasteiger charge is -2.08. The van der Waals surface area contributed by atoms with Crippen molar-refractivity contribution in [1.29, 1.82) is 0 Å². The zero-order valence-corrected chi connectivity index (χ0v) is 17.2. The van der Waals surface area contributed by atoms with Crippen molar-refractivity contribution in [3.63, 3.8) is 0 Å².